The minimum absolute atomic E-state index is 0.0724. The Morgan fingerprint density at radius 2 is 2.12 bits per heavy atom. The summed E-state index contributed by atoms with van der Waals surface area (Å²) in [4.78, 5) is 16.5. The van der Waals surface area contributed by atoms with Crippen LogP contribution < -0.4 is 0 Å². The highest BCUT2D eigenvalue weighted by Crippen LogP contribution is 2.18. The molecule has 100 valence electrons. The maximum atomic E-state index is 12.4. The lowest BCUT2D eigenvalue weighted by atomic mass is 10.1. The van der Waals surface area contributed by atoms with Crippen molar-refractivity contribution in [3.05, 3.63) is 0 Å². The van der Waals surface area contributed by atoms with Gasteiger partial charge in [0.25, 0.3) is 0 Å². The van der Waals surface area contributed by atoms with Gasteiger partial charge in [-0.1, -0.05) is 13.8 Å². The molecule has 1 aliphatic heterocycles. The molecule has 0 bridgehead atoms. The van der Waals surface area contributed by atoms with Gasteiger partial charge in [-0.3, -0.25) is 9.69 Å². The van der Waals surface area contributed by atoms with Gasteiger partial charge in [0.1, 0.15) is 0 Å². The average molecular weight is 242 g/mol. The molecule has 0 saturated carbocycles. The van der Waals surface area contributed by atoms with Crippen molar-refractivity contribution in [3.63, 3.8) is 0 Å². The number of likely N-dealkylation sites (N-methyl/N-ethyl adjacent to an activating group) is 1. The molecule has 1 heterocycles. The summed E-state index contributed by atoms with van der Waals surface area (Å²) in [5.74, 6) is 0.673. The first-order chi connectivity index (χ1) is 7.97. The van der Waals surface area contributed by atoms with Crippen LogP contribution in [0, 0.1) is 5.92 Å². The van der Waals surface area contributed by atoms with Gasteiger partial charge in [-0.2, -0.15) is 0 Å². The maximum Gasteiger partial charge on any atom is 0.240 e. The standard InChI is InChI=1S/C13H26N2O2/c1-10(2)9-15-7-5-11(3)14(4)12(6-8-16)13(15)17/h10-12,16H,5-9H2,1-4H3. The van der Waals surface area contributed by atoms with E-state index in [1.165, 1.54) is 0 Å². The second-order valence-corrected chi connectivity index (χ2v) is 5.51. The quantitative estimate of drug-likeness (QED) is 0.798. The van der Waals surface area contributed by atoms with E-state index in [2.05, 4.69) is 25.7 Å². The number of hydrogen-bond acceptors (Lipinski definition) is 3. The van der Waals surface area contributed by atoms with E-state index in [0.29, 0.717) is 18.4 Å². The third-order valence-corrected chi connectivity index (χ3v) is 3.59. The molecule has 17 heavy (non-hydrogen) atoms. The predicted molar refractivity (Wildman–Crippen MR) is 68.8 cm³/mol. The van der Waals surface area contributed by atoms with Crippen LogP contribution in [0.25, 0.3) is 0 Å². The molecule has 0 spiro atoms. The lowest BCUT2D eigenvalue weighted by Gasteiger charge is -2.30. The second kappa shape index (κ2) is 6.36. The molecule has 2 atom stereocenters. The molecule has 0 radical (unpaired) electrons. The zero-order chi connectivity index (χ0) is 13.0. The zero-order valence-corrected chi connectivity index (χ0v) is 11.5. The van der Waals surface area contributed by atoms with E-state index in [0.717, 1.165) is 19.5 Å². The van der Waals surface area contributed by atoms with Crippen LogP contribution in [0.2, 0.25) is 0 Å². The smallest absolute Gasteiger partial charge is 0.240 e. The Labute approximate surface area is 105 Å². The molecule has 0 aromatic rings. The summed E-state index contributed by atoms with van der Waals surface area (Å²) >= 11 is 0. The largest absolute Gasteiger partial charge is 0.396 e. The minimum Gasteiger partial charge on any atom is -0.396 e. The van der Waals surface area contributed by atoms with Gasteiger partial charge in [0.05, 0.1) is 6.04 Å². The minimum atomic E-state index is -0.156. The van der Waals surface area contributed by atoms with Crippen molar-refractivity contribution in [2.24, 2.45) is 5.92 Å². The van der Waals surface area contributed by atoms with E-state index in [1.54, 1.807) is 0 Å². The Kier molecular flexibility index (Phi) is 5.40. The second-order valence-electron chi connectivity index (χ2n) is 5.51. The number of amides is 1. The van der Waals surface area contributed by atoms with Crippen LogP contribution in [-0.2, 0) is 4.79 Å². The van der Waals surface area contributed by atoms with Crippen LogP contribution in [-0.4, -0.2) is 59.6 Å². The van der Waals surface area contributed by atoms with Gasteiger partial charge < -0.3 is 10.0 Å². The van der Waals surface area contributed by atoms with Gasteiger partial charge in [0, 0.05) is 25.7 Å². The SMILES string of the molecule is CC(C)CN1CCC(C)N(C)C(CCO)C1=O. The molecular weight excluding hydrogens is 216 g/mol. The Bertz CT molecular complexity index is 256. The molecule has 1 amide bonds. The predicted octanol–water partition coefficient (Wildman–Crippen LogP) is 0.946. The fourth-order valence-corrected chi connectivity index (χ4v) is 2.42. The monoisotopic (exact) mass is 242 g/mol. The first-order valence-electron chi connectivity index (χ1n) is 6.59. The van der Waals surface area contributed by atoms with Gasteiger partial charge in [-0.05, 0) is 32.7 Å². The van der Waals surface area contributed by atoms with Crippen LogP contribution in [0.3, 0.4) is 0 Å². The summed E-state index contributed by atoms with van der Waals surface area (Å²) in [6.07, 6.45) is 1.55. The normalized spacial score (nSPS) is 27.6. The highest BCUT2D eigenvalue weighted by Gasteiger charge is 2.33. The van der Waals surface area contributed by atoms with E-state index < -0.39 is 0 Å². The van der Waals surface area contributed by atoms with Crippen LogP contribution >= 0.6 is 0 Å². The average Bonchev–Trinajstić information content (AvgIpc) is 2.35. The van der Waals surface area contributed by atoms with Crippen LogP contribution in [0.5, 0.6) is 0 Å². The molecular formula is C13H26N2O2. The molecule has 0 aliphatic carbocycles. The zero-order valence-electron chi connectivity index (χ0n) is 11.5. The van der Waals surface area contributed by atoms with Crippen molar-refractivity contribution in [2.75, 3.05) is 26.7 Å². The van der Waals surface area contributed by atoms with Gasteiger partial charge in [-0.15, -0.1) is 0 Å². The molecule has 1 rings (SSSR count). The van der Waals surface area contributed by atoms with E-state index >= 15 is 0 Å². The molecule has 1 aliphatic rings. The summed E-state index contributed by atoms with van der Waals surface area (Å²) in [5.41, 5.74) is 0. The third-order valence-electron chi connectivity index (χ3n) is 3.59. The summed E-state index contributed by atoms with van der Waals surface area (Å²) in [6, 6.07) is 0.240. The number of carbonyl (C=O) groups is 1. The first kappa shape index (κ1) is 14.5. The van der Waals surface area contributed by atoms with E-state index in [9.17, 15) is 4.79 Å². The Morgan fingerprint density at radius 1 is 1.47 bits per heavy atom. The van der Waals surface area contributed by atoms with Crippen molar-refractivity contribution in [1.29, 1.82) is 0 Å². The Hall–Kier alpha value is -0.610. The number of hydrogen-bond donors (Lipinski definition) is 1. The number of aliphatic hydroxyl groups excluding tert-OH is 1. The number of aliphatic hydroxyl groups is 1. The molecule has 0 aromatic heterocycles. The first-order valence-corrected chi connectivity index (χ1v) is 6.59. The van der Waals surface area contributed by atoms with E-state index in [-0.39, 0.29) is 18.6 Å². The van der Waals surface area contributed by atoms with Gasteiger partial charge in [0.2, 0.25) is 5.91 Å². The highest BCUT2D eigenvalue weighted by atomic mass is 16.3. The third kappa shape index (κ3) is 3.68. The van der Waals surface area contributed by atoms with Crippen LogP contribution in [0.15, 0.2) is 0 Å². The van der Waals surface area contributed by atoms with Crippen molar-refractivity contribution in [2.45, 2.75) is 45.7 Å². The van der Waals surface area contributed by atoms with Gasteiger partial charge in [-0.25, -0.2) is 0 Å². The lowest BCUT2D eigenvalue weighted by molar-refractivity contribution is -0.136. The summed E-state index contributed by atoms with van der Waals surface area (Å²) in [7, 11) is 1.99. The van der Waals surface area contributed by atoms with Crippen molar-refractivity contribution >= 4 is 5.91 Å². The van der Waals surface area contributed by atoms with Gasteiger partial charge >= 0.3 is 0 Å². The number of nitrogens with zero attached hydrogens (tertiary/aromatic N) is 2. The fourth-order valence-electron chi connectivity index (χ4n) is 2.42. The van der Waals surface area contributed by atoms with Crippen LogP contribution in [0.1, 0.15) is 33.6 Å². The summed E-state index contributed by atoms with van der Waals surface area (Å²) in [6.45, 7) is 8.14. The number of carbonyl (C=O) groups excluding carboxylic acids is 1. The number of rotatable bonds is 4. The van der Waals surface area contributed by atoms with Gasteiger partial charge in [0.15, 0.2) is 0 Å². The fraction of sp³-hybridized carbons (Fsp3) is 0.923. The molecule has 0 aromatic carbocycles. The molecule has 1 fully saturated rings. The Morgan fingerprint density at radius 3 is 2.65 bits per heavy atom. The van der Waals surface area contributed by atoms with Crippen LogP contribution in [0.4, 0.5) is 0 Å². The highest BCUT2D eigenvalue weighted by molar-refractivity contribution is 5.82. The van der Waals surface area contributed by atoms with E-state index in [4.69, 9.17) is 5.11 Å². The van der Waals surface area contributed by atoms with Crippen molar-refractivity contribution in [1.82, 2.24) is 9.80 Å². The maximum absolute atomic E-state index is 12.4. The molecule has 4 nitrogen and oxygen atoms in total. The molecule has 1 saturated heterocycles. The lowest BCUT2D eigenvalue weighted by Crippen LogP contribution is -2.47. The molecule has 1 N–H and O–H groups in total. The summed E-state index contributed by atoms with van der Waals surface area (Å²) < 4.78 is 0. The molecule has 4 heteroatoms. The van der Waals surface area contributed by atoms with E-state index in [1.807, 2.05) is 11.9 Å². The molecule has 2 unspecified atom stereocenters. The van der Waals surface area contributed by atoms with Crippen molar-refractivity contribution < 1.29 is 9.90 Å². The van der Waals surface area contributed by atoms with Crippen molar-refractivity contribution in [3.8, 4) is 0 Å². The summed E-state index contributed by atoms with van der Waals surface area (Å²) in [5, 5.41) is 9.10. The topological polar surface area (TPSA) is 43.8 Å². The Balaban J connectivity index is 2.80.